The van der Waals surface area contributed by atoms with Gasteiger partial charge in [0.2, 0.25) is 5.91 Å². The molecule has 0 fully saturated rings. The van der Waals surface area contributed by atoms with E-state index in [1.165, 1.54) is 6.08 Å². The van der Waals surface area contributed by atoms with Crippen molar-refractivity contribution in [1.29, 1.82) is 0 Å². The van der Waals surface area contributed by atoms with Crippen molar-refractivity contribution in [1.82, 2.24) is 0 Å². The minimum atomic E-state index is -0.376. The molecule has 0 aromatic heterocycles. The molecule has 0 aliphatic carbocycles. The van der Waals surface area contributed by atoms with Crippen LogP contribution in [0.3, 0.4) is 0 Å². The second-order valence-electron chi connectivity index (χ2n) is 2.01. The fraction of sp³-hybridized carbons (Fsp3) is 0.500. The Morgan fingerprint density at radius 2 is 2.12 bits per heavy atom. The van der Waals surface area contributed by atoms with E-state index in [2.05, 4.69) is 0 Å². The van der Waals surface area contributed by atoms with Crippen LogP contribution in [0, 0.1) is 5.92 Å². The molecule has 0 rings (SSSR count). The highest BCUT2D eigenvalue weighted by Gasteiger charge is 1.84. The number of amides is 1. The Morgan fingerprint density at radius 3 is 2.25 bits per heavy atom. The van der Waals surface area contributed by atoms with E-state index < -0.39 is 0 Å². The number of hydrogen-bond donors (Lipinski definition) is 1. The molecule has 0 aromatic carbocycles. The van der Waals surface area contributed by atoms with Crippen LogP contribution in [-0.4, -0.2) is 5.91 Å². The first-order valence-corrected chi connectivity index (χ1v) is 2.60. The molecule has 0 bridgehead atoms. The maximum Gasteiger partial charge on any atom is 0.241 e. The summed E-state index contributed by atoms with van der Waals surface area (Å²) >= 11 is 0. The van der Waals surface area contributed by atoms with E-state index in [1.807, 2.05) is 13.8 Å². The fourth-order valence-corrected chi connectivity index (χ4v) is 0.287. The van der Waals surface area contributed by atoms with Gasteiger partial charge in [-0.3, -0.25) is 4.79 Å². The molecule has 0 spiro atoms. The first-order valence-electron chi connectivity index (χ1n) is 2.60. The summed E-state index contributed by atoms with van der Waals surface area (Å²) in [7, 11) is 0. The first-order chi connectivity index (χ1) is 3.63. The van der Waals surface area contributed by atoms with Crippen molar-refractivity contribution < 1.29 is 4.79 Å². The van der Waals surface area contributed by atoms with Crippen molar-refractivity contribution in [2.24, 2.45) is 11.7 Å². The predicted octanol–water partition coefficient (Wildman–Crippen LogP) is 0.684. The second kappa shape index (κ2) is 3.24. The van der Waals surface area contributed by atoms with Crippen LogP contribution in [0.5, 0.6) is 0 Å². The van der Waals surface area contributed by atoms with Gasteiger partial charge in [0.15, 0.2) is 0 Å². The molecule has 0 atom stereocenters. The average Bonchev–Trinajstić information content (AvgIpc) is 1.61. The lowest BCUT2D eigenvalue weighted by atomic mass is 10.2. The molecule has 0 saturated heterocycles. The molecule has 2 heteroatoms. The molecule has 8 heavy (non-hydrogen) atoms. The van der Waals surface area contributed by atoms with Crippen LogP contribution in [0.4, 0.5) is 0 Å². The number of rotatable bonds is 2. The van der Waals surface area contributed by atoms with Crippen LogP contribution >= 0.6 is 0 Å². The highest BCUT2D eigenvalue weighted by molar-refractivity contribution is 5.85. The Hall–Kier alpha value is -0.790. The van der Waals surface area contributed by atoms with E-state index in [9.17, 15) is 4.79 Å². The monoisotopic (exact) mass is 113 g/mol. The van der Waals surface area contributed by atoms with E-state index in [-0.39, 0.29) is 5.91 Å². The minimum absolute atomic E-state index is 0.376. The molecule has 1 amide bonds. The van der Waals surface area contributed by atoms with Crippen LogP contribution in [0.2, 0.25) is 0 Å². The van der Waals surface area contributed by atoms with Crippen molar-refractivity contribution in [3.05, 3.63) is 12.2 Å². The van der Waals surface area contributed by atoms with Crippen molar-refractivity contribution in [2.45, 2.75) is 13.8 Å². The number of carbonyl (C=O) groups is 1. The summed E-state index contributed by atoms with van der Waals surface area (Å²) in [5.41, 5.74) is 4.81. The van der Waals surface area contributed by atoms with Gasteiger partial charge in [0.1, 0.15) is 0 Å². The van der Waals surface area contributed by atoms with Crippen LogP contribution in [0.1, 0.15) is 13.8 Å². The van der Waals surface area contributed by atoms with Gasteiger partial charge in [0.05, 0.1) is 0 Å². The molecule has 0 unspecified atom stereocenters. The Bertz CT molecular complexity index is 105. The molecule has 0 aromatic rings. The van der Waals surface area contributed by atoms with Gasteiger partial charge in [0.25, 0.3) is 0 Å². The zero-order chi connectivity index (χ0) is 6.57. The number of carbonyl (C=O) groups excluding carboxylic acids is 1. The summed E-state index contributed by atoms with van der Waals surface area (Å²) < 4.78 is 0. The van der Waals surface area contributed by atoms with E-state index in [4.69, 9.17) is 5.73 Å². The van der Waals surface area contributed by atoms with Crippen LogP contribution < -0.4 is 5.73 Å². The highest BCUT2D eigenvalue weighted by Crippen LogP contribution is 1.91. The molecule has 46 valence electrons. The third-order valence-corrected chi connectivity index (χ3v) is 0.645. The van der Waals surface area contributed by atoms with Gasteiger partial charge < -0.3 is 5.73 Å². The van der Waals surface area contributed by atoms with Crippen molar-refractivity contribution in [2.75, 3.05) is 0 Å². The quantitative estimate of drug-likeness (QED) is 0.526. The van der Waals surface area contributed by atoms with Crippen molar-refractivity contribution >= 4 is 5.91 Å². The number of primary amides is 1. The van der Waals surface area contributed by atoms with Gasteiger partial charge in [-0.2, -0.15) is 0 Å². The minimum Gasteiger partial charge on any atom is -0.366 e. The van der Waals surface area contributed by atoms with E-state index in [0.29, 0.717) is 5.92 Å². The molecule has 0 aliphatic rings. The molecule has 2 nitrogen and oxygen atoms in total. The van der Waals surface area contributed by atoms with Crippen LogP contribution in [-0.2, 0) is 4.79 Å². The summed E-state index contributed by atoms with van der Waals surface area (Å²) in [4.78, 5) is 10.0. The van der Waals surface area contributed by atoms with Gasteiger partial charge in [-0.1, -0.05) is 19.9 Å². The maximum atomic E-state index is 10.0. The largest absolute Gasteiger partial charge is 0.366 e. The van der Waals surface area contributed by atoms with Gasteiger partial charge >= 0.3 is 0 Å². The normalized spacial score (nSPS) is 10.9. The smallest absolute Gasteiger partial charge is 0.241 e. The second-order valence-corrected chi connectivity index (χ2v) is 2.01. The predicted molar refractivity (Wildman–Crippen MR) is 33.2 cm³/mol. The Morgan fingerprint density at radius 1 is 1.62 bits per heavy atom. The lowest BCUT2D eigenvalue weighted by Crippen LogP contribution is -2.05. The van der Waals surface area contributed by atoms with Crippen molar-refractivity contribution in [3.63, 3.8) is 0 Å². The molecule has 0 radical (unpaired) electrons. The van der Waals surface area contributed by atoms with E-state index in [1.54, 1.807) is 6.08 Å². The van der Waals surface area contributed by atoms with Crippen molar-refractivity contribution in [3.8, 4) is 0 Å². The summed E-state index contributed by atoms with van der Waals surface area (Å²) in [6.07, 6.45) is 3.15. The Balaban J connectivity index is 3.50. The third kappa shape index (κ3) is 5.21. The number of allylic oxidation sites excluding steroid dienone is 1. The lowest BCUT2D eigenvalue weighted by Gasteiger charge is -1.88. The Labute approximate surface area is 49.4 Å². The van der Waals surface area contributed by atoms with Gasteiger partial charge in [-0.15, -0.1) is 0 Å². The molecule has 0 saturated carbocycles. The molecular formula is C6H11NO. The Kier molecular flexibility index (Phi) is 2.92. The van der Waals surface area contributed by atoms with Gasteiger partial charge in [0, 0.05) is 0 Å². The fourth-order valence-electron chi connectivity index (χ4n) is 0.287. The van der Waals surface area contributed by atoms with Crippen LogP contribution in [0.15, 0.2) is 12.2 Å². The standard InChI is InChI=1S/C6H11NO/c1-5(2)3-4-6(7)8/h3-5H,1-2H3,(H2,7,8). The third-order valence-electron chi connectivity index (χ3n) is 0.645. The molecular weight excluding hydrogens is 102 g/mol. The summed E-state index contributed by atoms with van der Waals surface area (Å²) in [5, 5.41) is 0. The van der Waals surface area contributed by atoms with Gasteiger partial charge in [-0.05, 0) is 12.0 Å². The van der Waals surface area contributed by atoms with Gasteiger partial charge in [-0.25, -0.2) is 0 Å². The van der Waals surface area contributed by atoms with E-state index in [0.717, 1.165) is 0 Å². The zero-order valence-electron chi connectivity index (χ0n) is 5.22. The topological polar surface area (TPSA) is 43.1 Å². The first kappa shape index (κ1) is 7.21. The number of nitrogens with two attached hydrogens (primary N) is 1. The summed E-state index contributed by atoms with van der Waals surface area (Å²) in [6.45, 7) is 3.97. The summed E-state index contributed by atoms with van der Waals surface area (Å²) in [5.74, 6) is 0.0289. The molecule has 0 heterocycles. The SMILES string of the molecule is CC(C)C=CC(N)=O. The molecule has 2 N–H and O–H groups in total. The molecule has 0 aliphatic heterocycles. The summed E-state index contributed by atoms with van der Waals surface area (Å²) in [6, 6.07) is 0. The maximum absolute atomic E-state index is 10.0. The lowest BCUT2D eigenvalue weighted by molar-refractivity contribution is -0.113. The van der Waals surface area contributed by atoms with E-state index >= 15 is 0 Å². The highest BCUT2D eigenvalue weighted by atomic mass is 16.1. The number of hydrogen-bond acceptors (Lipinski definition) is 1. The average molecular weight is 113 g/mol. The van der Waals surface area contributed by atoms with Crippen LogP contribution in [0.25, 0.3) is 0 Å². The zero-order valence-corrected chi connectivity index (χ0v) is 5.22.